The zero-order chi connectivity index (χ0) is 12.1. The van der Waals surface area contributed by atoms with Crippen LogP contribution in [-0.4, -0.2) is 12.3 Å². The highest BCUT2D eigenvalue weighted by Gasteiger charge is 2.19. The molecule has 0 spiro atoms. The molecule has 0 radical (unpaired) electrons. The number of hydrazone groups is 1. The Morgan fingerprint density at radius 1 is 1.29 bits per heavy atom. The van der Waals surface area contributed by atoms with Crippen LogP contribution in [0.1, 0.15) is 32.6 Å². The third-order valence-electron chi connectivity index (χ3n) is 2.71. The molecule has 1 aromatic rings. The van der Waals surface area contributed by atoms with Crippen molar-refractivity contribution in [3.8, 4) is 0 Å². The normalized spacial score (nSPS) is 18.9. The van der Waals surface area contributed by atoms with Crippen molar-refractivity contribution in [2.45, 2.75) is 38.7 Å². The van der Waals surface area contributed by atoms with E-state index in [1.54, 1.807) is 5.17 Å². The van der Waals surface area contributed by atoms with Crippen molar-refractivity contribution in [2.24, 2.45) is 5.10 Å². The molecule has 0 N–H and O–H groups in total. The zero-order valence-corrected chi connectivity index (χ0v) is 10.7. The van der Waals surface area contributed by atoms with E-state index in [9.17, 15) is 0 Å². The molecule has 1 aliphatic heterocycles. The largest absolute Gasteiger partial charge is 0.243 e. The Morgan fingerprint density at radius 2 is 2.06 bits per heavy atom. The molecule has 1 atom stereocenters. The fraction of sp³-hybridized carbons (Fsp3) is 0.462. The van der Waals surface area contributed by atoms with Gasteiger partial charge in [0.05, 0.1) is 11.9 Å². The number of rotatable bonds is 5. The van der Waals surface area contributed by atoms with Crippen LogP contribution in [0, 0.1) is 0 Å². The predicted molar refractivity (Wildman–Crippen MR) is 71.4 cm³/mol. The molecule has 3 nitrogen and oxygen atoms in total. The maximum Gasteiger partial charge on any atom is 0.125 e. The fourth-order valence-electron chi connectivity index (χ4n) is 1.74. The molecule has 0 aliphatic carbocycles. The van der Waals surface area contributed by atoms with Gasteiger partial charge in [-0.3, -0.25) is 0 Å². The predicted octanol–water partition coefficient (Wildman–Crippen LogP) is 4.03. The van der Waals surface area contributed by atoms with E-state index in [-0.39, 0.29) is 6.10 Å². The molecule has 1 aromatic carbocycles. The Balaban J connectivity index is 1.86. The van der Waals surface area contributed by atoms with Crippen LogP contribution < -0.4 is 5.17 Å². The molecule has 0 saturated heterocycles. The van der Waals surface area contributed by atoms with Gasteiger partial charge in [0, 0.05) is 5.02 Å². The summed E-state index contributed by atoms with van der Waals surface area (Å²) in [4.78, 5) is 5.70. The van der Waals surface area contributed by atoms with E-state index in [1.165, 1.54) is 19.3 Å². The van der Waals surface area contributed by atoms with Gasteiger partial charge in [-0.1, -0.05) is 37.8 Å². The van der Waals surface area contributed by atoms with Gasteiger partial charge in [0.15, 0.2) is 0 Å². The SMILES string of the molecule is CCCCCC1C=NN(c2ccc(Cl)cc2)O1. The van der Waals surface area contributed by atoms with Crippen molar-refractivity contribution in [1.29, 1.82) is 0 Å². The maximum atomic E-state index is 5.83. The standard InChI is InChI=1S/C13H17ClN2O/c1-2-3-4-5-13-10-15-16(17-13)12-8-6-11(14)7-9-12/h6-10,13H,2-5H2,1H3. The molecule has 0 bridgehead atoms. The summed E-state index contributed by atoms with van der Waals surface area (Å²) in [7, 11) is 0. The van der Waals surface area contributed by atoms with Gasteiger partial charge in [-0.05, 0) is 30.7 Å². The maximum absolute atomic E-state index is 5.83. The van der Waals surface area contributed by atoms with Crippen LogP contribution in [0.2, 0.25) is 5.02 Å². The van der Waals surface area contributed by atoms with Gasteiger partial charge >= 0.3 is 0 Å². The molecule has 0 saturated carbocycles. The van der Waals surface area contributed by atoms with Gasteiger partial charge in [-0.2, -0.15) is 5.10 Å². The van der Waals surface area contributed by atoms with Crippen molar-refractivity contribution in [3.63, 3.8) is 0 Å². The lowest BCUT2D eigenvalue weighted by Gasteiger charge is -2.15. The van der Waals surface area contributed by atoms with Crippen LogP contribution in [0.4, 0.5) is 5.69 Å². The second-order valence-electron chi connectivity index (χ2n) is 4.15. The summed E-state index contributed by atoms with van der Waals surface area (Å²) in [6.45, 7) is 2.20. The summed E-state index contributed by atoms with van der Waals surface area (Å²) < 4.78 is 0. The first-order valence-corrected chi connectivity index (χ1v) is 6.44. The summed E-state index contributed by atoms with van der Waals surface area (Å²) in [6.07, 6.45) is 6.66. The van der Waals surface area contributed by atoms with Crippen LogP contribution >= 0.6 is 11.6 Å². The number of anilines is 1. The molecule has 1 unspecified atom stereocenters. The third kappa shape index (κ3) is 3.45. The van der Waals surface area contributed by atoms with E-state index in [0.717, 1.165) is 17.1 Å². The van der Waals surface area contributed by atoms with Crippen molar-refractivity contribution >= 4 is 23.5 Å². The Labute approximate surface area is 107 Å². The average Bonchev–Trinajstić information content (AvgIpc) is 2.79. The van der Waals surface area contributed by atoms with Crippen LogP contribution in [-0.2, 0) is 4.84 Å². The molecular weight excluding hydrogens is 236 g/mol. The van der Waals surface area contributed by atoms with E-state index >= 15 is 0 Å². The van der Waals surface area contributed by atoms with Gasteiger partial charge in [-0.15, -0.1) is 5.17 Å². The van der Waals surface area contributed by atoms with Crippen molar-refractivity contribution in [2.75, 3.05) is 5.17 Å². The minimum absolute atomic E-state index is 0.109. The molecule has 0 fully saturated rings. The summed E-state index contributed by atoms with van der Waals surface area (Å²) in [5.74, 6) is 0. The van der Waals surface area contributed by atoms with Gasteiger partial charge in [0.2, 0.25) is 0 Å². The van der Waals surface area contributed by atoms with Gasteiger partial charge < -0.3 is 0 Å². The zero-order valence-electron chi connectivity index (χ0n) is 9.97. The Bertz CT molecular complexity index is 378. The second kappa shape index (κ2) is 6.03. The minimum Gasteiger partial charge on any atom is -0.243 e. The quantitative estimate of drug-likeness (QED) is 0.740. The number of unbranched alkanes of at least 4 members (excludes halogenated alkanes) is 2. The van der Waals surface area contributed by atoms with Crippen LogP contribution in [0.3, 0.4) is 0 Å². The molecular formula is C13H17ClN2O. The highest BCUT2D eigenvalue weighted by atomic mass is 35.5. The lowest BCUT2D eigenvalue weighted by atomic mass is 10.1. The van der Waals surface area contributed by atoms with E-state index in [0.29, 0.717) is 0 Å². The first-order chi connectivity index (χ1) is 8.29. The molecule has 0 amide bonds. The Kier molecular flexibility index (Phi) is 4.40. The van der Waals surface area contributed by atoms with Crippen molar-refractivity contribution in [1.82, 2.24) is 0 Å². The highest BCUT2D eigenvalue weighted by Crippen LogP contribution is 2.23. The molecule has 1 aliphatic rings. The number of hydrogen-bond donors (Lipinski definition) is 0. The monoisotopic (exact) mass is 252 g/mol. The third-order valence-corrected chi connectivity index (χ3v) is 2.96. The molecule has 17 heavy (non-hydrogen) atoms. The summed E-state index contributed by atoms with van der Waals surface area (Å²) in [5.41, 5.74) is 0.906. The smallest absolute Gasteiger partial charge is 0.125 e. The minimum atomic E-state index is 0.109. The summed E-state index contributed by atoms with van der Waals surface area (Å²) in [5, 5.41) is 6.52. The van der Waals surface area contributed by atoms with Gasteiger partial charge in [0.25, 0.3) is 0 Å². The van der Waals surface area contributed by atoms with E-state index in [1.807, 2.05) is 30.5 Å². The van der Waals surface area contributed by atoms with E-state index < -0.39 is 0 Å². The van der Waals surface area contributed by atoms with E-state index in [2.05, 4.69) is 12.0 Å². The van der Waals surface area contributed by atoms with Crippen LogP contribution in [0.15, 0.2) is 29.4 Å². The lowest BCUT2D eigenvalue weighted by molar-refractivity contribution is 0.0912. The summed E-state index contributed by atoms with van der Waals surface area (Å²) in [6, 6.07) is 7.46. The molecule has 0 aromatic heterocycles. The number of hydrogen-bond acceptors (Lipinski definition) is 3. The fourth-order valence-corrected chi connectivity index (χ4v) is 1.86. The van der Waals surface area contributed by atoms with E-state index in [4.69, 9.17) is 16.4 Å². The first kappa shape index (κ1) is 12.4. The average molecular weight is 253 g/mol. The van der Waals surface area contributed by atoms with Crippen LogP contribution in [0.5, 0.6) is 0 Å². The number of benzene rings is 1. The Hall–Kier alpha value is -1.06. The van der Waals surface area contributed by atoms with Gasteiger partial charge in [-0.25, -0.2) is 4.84 Å². The lowest BCUT2D eigenvalue weighted by Crippen LogP contribution is -2.17. The second-order valence-corrected chi connectivity index (χ2v) is 4.59. The van der Waals surface area contributed by atoms with Gasteiger partial charge in [0.1, 0.15) is 6.10 Å². The first-order valence-electron chi connectivity index (χ1n) is 6.06. The van der Waals surface area contributed by atoms with Crippen molar-refractivity contribution < 1.29 is 4.84 Å². The van der Waals surface area contributed by atoms with Crippen molar-refractivity contribution in [3.05, 3.63) is 29.3 Å². The van der Waals surface area contributed by atoms with Crippen LogP contribution in [0.25, 0.3) is 0 Å². The Morgan fingerprint density at radius 3 is 2.76 bits per heavy atom. The number of halogens is 1. The highest BCUT2D eigenvalue weighted by molar-refractivity contribution is 6.30. The molecule has 92 valence electrons. The molecule has 4 heteroatoms. The number of nitrogens with zero attached hydrogens (tertiary/aromatic N) is 2. The molecule has 1 heterocycles. The summed E-state index contributed by atoms with van der Waals surface area (Å²) >= 11 is 5.83. The topological polar surface area (TPSA) is 24.8 Å². The molecule has 2 rings (SSSR count).